The van der Waals surface area contributed by atoms with Crippen LogP contribution in [0.25, 0.3) is 0 Å². The number of carbonyl (C=O) groups excluding carboxylic acids is 1. The van der Waals surface area contributed by atoms with Gasteiger partial charge in [0.05, 0.1) is 12.7 Å². The predicted molar refractivity (Wildman–Crippen MR) is 75.8 cm³/mol. The maximum absolute atomic E-state index is 12.0. The summed E-state index contributed by atoms with van der Waals surface area (Å²) in [5.74, 6) is -6.33. The zero-order valence-electron chi connectivity index (χ0n) is 12.9. The number of aliphatic hydroxyl groups is 5. The monoisotopic (exact) mass is 389 g/mol. The highest BCUT2D eigenvalue weighted by molar-refractivity contribution is 7.53. The first kappa shape index (κ1) is 21.9. The normalized spacial score (nSPS) is 35.7. The highest BCUT2D eigenvalue weighted by atomic mass is 31.2. The fraction of sp³-hybridized carbons (Fsp3) is 0.818. The van der Waals surface area contributed by atoms with Crippen molar-refractivity contribution in [1.29, 1.82) is 0 Å². The Bertz CT molecular complexity index is 579. The quantitative estimate of drug-likeness (QED) is 0.196. The van der Waals surface area contributed by atoms with Crippen LogP contribution in [0.3, 0.4) is 0 Å². The van der Waals surface area contributed by atoms with E-state index in [0.717, 1.165) is 6.92 Å². The molecule has 14 heteroatoms. The molecule has 0 aromatic heterocycles. The van der Waals surface area contributed by atoms with Crippen molar-refractivity contribution >= 4 is 19.5 Å². The van der Waals surface area contributed by atoms with E-state index >= 15 is 0 Å². The fourth-order valence-electron chi connectivity index (χ4n) is 2.60. The molecule has 1 rings (SSSR count). The van der Waals surface area contributed by atoms with Crippen LogP contribution in [0.15, 0.2) is 0 Å². The third-order valence-electron chi connectivity index (χ3n) is 3.82. The van der Waals surface area contributed by atoms with Crippen LogP contribution in [0.4, 0.5) is 0 Å². The smallest absolute Gasteiger partial charge is 0.364 e. The summed E-state index contributed by atoms with van der Waals surface area (Å²) >= 11 is 0. The number of aliphatic hydroxyl groups excluding tert-OH is 4. The molecule has 0 aromatic carbocycles. The number of carboxylic acids is 1. The predicted octanol–water partition coefficient (Wildman–Crippen LogP) is -4.37. The Morgan fingerprint density at radius 3 is 2.24 bits per heavy atom. The van der Waals surface area contributed by atoms with Crippen LogP contribution >= 0.6 is 7.60 Å². The number of hydrogen-bond donors (Lipinski definition) is 9. The molecule has 0 aliphatic carbocycles. The van der Waals surface area contributed by atoms with E-state index in [4.69, 9.17) is 14.9 Å². The molecule has 0 radical (unpaired) electrons. The summed E-state index contributed by atoms with van der Waals surface area (Å²) in [5.41, 5.74) is 0. The van der Waals surface area contributed by atoms with E-state index < -0.39 is 68.0 Å². The number of carboxylic acid groups (broad SMARTS) is 1. The molecule has 1 heterocycles. The highest BCUT2D eigenvalue weighted by Gasteiger charge is 2.69. The molecule has 0 unspecified atom stereocenters. The molecule has 1 amide bonds. The van der Waals surface area contributed by atoms with Gasteiger partial charge in [0.2, 0.25) is 5.91 Å². The molecule has 1 aliphatic rings. The van der Waals surface area contributed by atoms with Gasteiger partial charge in [-0.15, -0.1) is 0 Å². The Balaban J connectivity index is 3.60. The van der Waals surface area contributed by atoms with Gasteiger partial charge in [0.25, 0.3) is 5.79 Å². The van der Waals surface area contributed by atoms with Gasteiger partial charge in [-0.25, -0.2) is 4.79 Å². The van der Waals surface area contributed by atoms with Gasteiger partial charge in [0.1, 0.15) is 18.3 Å². The second-order valence-electron chi connectivity index (χ2n) is 5.64. The first-order valence-electron chi connectivity index (χ1n) is 6.86. The lowest BCUT2D eigenvalue weighted by molar-refractivity contribution is -0.302. The Morgan fingerprint density at radius 1 is 1.36 bits per heavy atom. The van der Waals surface area contributed by atoms with E-state index in [1.54, 1.807) is 5.32 Å². The maximum atomic E-state index is 12.0. The fourth-order valence-corrected chi connectivity index (χ4v) is 3.92. The molecule has 0 aromatic rings. The minimum atomic E-state index is -5.59. The lowest BCUT2D eigenvalue weighted by atomic mass is 9.87. The van der Waals surface area contributed by atoms with Crippen LogP contribution in [0.5, 0.6) is 0 Å². The van der Waals surface area contributed by atoms with Crippen LogP contribution in [-0.4, -0.2) is 94.4 Å². The van der Waals surface area contributed by atoms with Crippen molar-refractivity contribution in [1.82, 2.24) is 5.32 Å². The van der Waals surface area contributed by atoms with E-state index in [9.17, 15) is 44.4 Å². The summed E-state index contributed by atoms with van der Waals surface area (Å²) in [7, 11) is -5.59. The molecule has 9 N–H and O–H groups in total. The molecule has 1 aliphatic heterocycles. The SMILES string of the molecule is CC(=O)N[C@]1(P(=O)(O)O)[C@@H](O)C[C@@](O)(C(=O)O)O[C@H]1[C@H](O)[C@H](O)CO. The molecule has 0 spiro atoms. The molecule has 6 atom stereocenters. The zero-order chi connectivity index (χ0) is 19.8. The number of nitrogens with one attached hydrogen (secondary N) is 1. The van der Waals surface area contributed by atoms with Gasteiger partial charge >= 0.3 is 13.6 Å². The maximum Gasteiger partial charge on any atom is 0.364 e. The number of hydrogen-bond acceptors (Lipinski definition) is 9. The number of rotatable bonds is 6. The zero-order valence-corrected chi connectivity index (χ0v) is 13.8. The average molecular weight is 389 g/mol. The van der Waals surface area contributed by atoms with Gasteiger partial charge in [-0.2, -0.15) is 0 Å². The Kier molecular flexibility index (Phi) is 6.33. The summed E-state index contributed by atoms with van der Waals surface area (Å²) in [6, 6.07) is 0. The van der Waals surface area contributed by atoms with E-state index in [1.165, 1.54) is 0 Å². The third-order valence-corrected chi connectivity index (χ3v) is 5.45. The van der Waals surface area contributed by atoms with Crippen molar-refractivity contribution in [2.45, 2.75) is 48.8 Å². The van der Waals surface area contributed by atoms with E-state index in [2.05, 4.69) is 0 Å². The Labute approximate surface area is 140 Å². The molecule has 13 nitrogen and oxygen atoms in total. The lowest BCUT2D eigenvalue weighted by Gasteiger charge is -2.52. The summed E-state index contributed by atoms with van der Waals surface area (Å²) in [5, 5.41) is 56.3. The molecule has 1 saturated heterocycles. The van der Waals surface area contributed by atoms with Crippen LogP contribution in [0.2, 0.25) is 0 Å². The van der Waals surface area contributed by atoms with Gasteiger partial charge in [-0.3, -0.25) is 9.36 Å². The third kappa shape index (κ3) is 3.84. The molecular weight excluding hydrogens is 369 g/mol. The summed E-state index contributed by atoms with van der Waals surface area (Å²) in [4.78, 5) is 41.9. The van der Waals surface area contributed by atoms with Gasteiger partial charge in [-0.1, -0.05) is 0 Å². The average Bonchev–Trinajstić information content (AvgIpc) is 2.46. The van der Waals surface area contributed by atoms with Crippen LogP contribution in [0, 0.1) is 0 Å². The van der Waals surface area contributed by atoms with Gasteiger partial charge in [0.15, 0.2) is 5.28 Å². The minimum Gasteiger partial charge on any atom is -0.477 e. The van der Waals surface area contributed by atoms with E-state index in [-0.39, 0.29) is 0 Å². The second-order valence-corrected chi connectivity index (χ2v) is 7.47. The molecule has 25 heavy (non-hydrogen) atoms. The Hall–Kier alpha value is -1.15. The Morgan fingerprint density at radius 2 is 1.88 bits per heavy atom. The molecule has 1 fully saturated rings. The van der Waals surface area contributed by atoms with Crippen molar-refractivity contribution in [3.63, 3.8) is 0 Å². The highest BCUT2D eigenvalue weighted by Crippen LogP contribution is 2.58. The summed E-state index contributed by atoms with van der Waals surface area (Å²) < 4.78 is 16.7. The van der Waals surface area contributed by atoms with Gasteiger partial charge < -0.3 is 50.5 Å². The van der Waals surface area contributed by atoms with Crippen LogP contribution in [0.1, 0.15) is 13.3 Å². The molecule has 0 bridgehead atoms. The van der Waals surface area contributed by atoms with E-state index in [0.29, 0.717) is 0 Å². The van der Waals surface area contributed by atoms with Crippen molar-refractivity contribution in [2.75, 3.05) is 6.61 Å². The largest absolute Gasteiger partial charge is 0.477 e. The van der Waals surface area contributed by atoms with Crippen molar-refractivity contribution in [2.24, 2.45) is 0 Å². The van der Waals surface area contributed by atoms with Gasteiger partial charge in [0, 0.05) is 13.3 Å². The number of carbonyl (C=O) groups is 2. The number of amides is 1. The number of aliphatic carboxylic acids is 1. The van der Waals surface area contributed by atoms with Crippen molar-refractivity contribution in [3.05, 3.63) is 0 Å². The number of ether oxygens (including phenoxy) is 1. The molecular formula is C11H20NO12P. The first-order chi connectivity index (χ1) is 11.2. The summed E-state index contributed by atoms with van der Waals surface area (Å²) in [6.45, 7) is -0.325. The van der Waals surface area contributed by atoms with Gasteiger partial charge in [-0.05, 0) is 0 Å². The molecule has 146 valence electrons. The molecule has 0 saturated carbocycles. The van der Waals surface area contributed by atoms with Crippen LogP contribution < -0.4 is 5.32 Å². The topological polar surface area (TPSA) is 234 Å². The van der Waals surface area contributed by atoms with Crippen LogP contribution in [-0.2, 0) is 18.9 Å². The van der Waals surface area contributed by atoms with E-state index in [1.807, 2.05) is 0 Å². The van der Waals surface area contributed by atoms with Crippen molar-refractivity contribution in [3.8, 4) is 0 Å². The summed E-state index contributed by atoms with van der Waals surface area (Å²) in [6.07, 6.45) is -10.7. The van der Waals surface area contributed by atoms with Crippen molar-refractivity contribution < 1.29 is 59.3 Å². The lowest BCUT2D eigenvalue weighted by Crippen LogP contribution is -2.74. The standard InChI is InChI=1S/C11H20NO12P/c1-4(14)12-11(25(21,22)23)6(16)2-10(20,9(18)19)24-8(11)7(17)5(15)3-13/h5-8,13,15-17,20H,2-3H2,1H3,(H,12,14)(H,18,19)(H2,21,22,23)/t5-,6+,7-,8+,10+,11+/m1/s1. The first-order valence-corrected chi connectivity index (χ1v) is 8.47. The second kappa shape index (κ2) is 7.23. The minimum absolute atomic E-state index is 0.814.